The van der Waals surface area contributed by atoms with E-state index in [9.17, 15) is 0 Å². The minimum Gasteiger partial charge on any atom is -0.326 e. The molecule has 16 heavy (non-hydrogen) atoms. The SMILES string of the molecule is Cc1nnc(-c2ccccc2Br)cc1CN. The highest BCUT2D eigenvalue weighted by Gasteiger charge is 2.06. The van der Waals surface area contributed by atoms with Crippen molar-refractivity contribution in [2.24, 2.45) is 5.73 Å². The molecule has 82 valence electrons. The number of aryl methyl sites for hydroxylation is 1. The molecule has 0 bridgehead atoms. The Morgan fingerprint density at radius 2 is 2.00 bits per heavy atom. The summed E-state index contributed by atoms with van der Waals surface area (Å²) < 4.78 is 1.01. The normalized spacial score (nSPS) is 10.4. The number of rotatable bonds is 2. The van der Waals surface area contributed by atoms with E-state index >= 15 is 0 Å². The van der Waals surface area contributed by atoms with E-state index in [4.69, 9.17) is 5.73 Å². The molecule has 2 rings (SSSR count). The minimum atomic E-state index is 0.485. The Bertz CT molecular complexity index is 511. The molecular formula is C12H12BrN3. The molecule has 0 unspecified atom stereocenters. The van der Waals surface area contributed by atoms with E-state index in [0.29, 0.717) is 6.54 Å². The van der Waals surface area contributed by atoms with Crippen LogP contribution in [0, 0.1) is 6.92 Å². The second kappa shape index (κ2) is 4.72. The average Bonchev–Trinajstić information content (AvgIpc) is 2.31. The van der Waals surface area contributed by atoms with Gasteiger partial charge in [-0.25, -0.2) is 0 Å². The zero-order chi connectivity index (χ0) is 11.5. The maximum absolute atomic E-state index is 5.66. The summed E-state index contributed by atoms with van der Waals surface area (Å²) >= 11 is 3.50. The summed E-state index contributed by atoms with van der Waals surface area (Å²) in [5.74, 6) is 0. The molecular weight excluding hydrogens is 266 g/mol. The minimum absolute atomic E-state index is 0.485. The van der Waals surface area contributed by atoms with Gasteiger partial charge in [-0.3, -0.25) is 0 Å². The van der Waals surface area contributed by atoms with Crippen molar-refractivity contribution >= 4 is 15.9 Å². The van der Waals surface area contributed by atoms with Gasteiger partial charge in [0.05, 0.1) is 11.4 Å². The first-order chi connectivity index (χ1) is 7.72. The lowest BCUT2D eigenvalue weighted by Gasteiger charge is -2.06. The predicted octanol–water partition coefficient (Wildman–Crippen LogP) is 2.67. The Balaban J connectivity index is 2.53. The largest absolute Gasteiger partial charge is 0.326 e. The van der Waals surface area contributed by atoms with E-state index in [-0.39, 0.29) is 0 Å². The summed E-state index contributed by atoms with van der Waals surface area (Å²) in [5, 5.41) is 8.30. The van der Waals surface area contributed by atoms with Crippen molar-refractivity contribution in [3.63, 3.8) is 0 Å². The Kier molecular flexibility index (Phi) is 3.31. The van der Waals surface area contributed by atoms with E-state index < -0.39 is 0 Å². The molecule has 0 fully saturated rings. The van der Waals surface area contributed by atoms with Crippen molar-refractivity contribution in [3.05, 3.63) is 46.1 Å². The molecule has 0 aliphatic rings. The number of nitrogens with two attached hydrogens (primary N) is 1. The highest BCUT2D eigenvalue weighted by molar-refractivity contribution is 9.10. The summed E-state index contributed by atoms with van der Waals surface area (Å²) in [5.41, 5.74) is 9.45. The molecule has 2 aromatic rings. The van der Waals surface area contributed by atoms with Crippen molar-refractivity contribution in [2.75, 3.05) is 0 Å². The molecule has 3 nitrogen and oxygen atoms in total. The molecule has 1 aromatic carbocycles. The Morgan fingerprint density at radius 3 is 2.69 bits per heavy atom. The van der Waals surface area contributed by atoms with Gasteiger partial charge in [0, 0.05) is 16.6 Å². The Labute approximate surface area is 103 Å². The van der Waals surface area contributed by atoms with Gasteiger partial charge in [-0.15, -0.1) is 0 Å². The standard InChI is InChI=1S/C12H12BrN3/c1-8-9(7-14)6-12(16-15-8)10-4-2-3-5-11(10)13/h2-6H,7,14H2,1H3. The third-order valence-corrected chi connectivity index (χ3v) is 3.14. The van der Waals surface area contributed by atoms with Crippen molar-refractivity contribution in [1.82, 2.24) is 10.2 Å². The van der Waals surface area contributed by atoms with Crippen LogP contribution in [0.1, 0.15) is 11.3 Å². The molecule has 1 aromatic heterocycles. The van der Waals surface area contributed by atoms with Crippen LogP contribution in [0.15, 0.2) is 34.8 Å². The van der Waals surface area contributed by atoms with E-state index in [1.165, 1.54) is 0 Å². The molecule has 0 spiro atoms. The molecule has 0 saturated heterocycles. The predicted molar refractivity (Wildman–Crippen MR) is 67.8 cm³/mol. The summed E-state index contributed by atoms with van der Waals surface area (Å²) in [7, 11) is 0. The number of hydrogen-bond acceptors (Lipinski definition) is 3. The third-order valence-electron chi connectivity index (χ3n) is 2.45. The molecule has 0 aliphatic carbocycles. The lowest BCUT2D eigenvalue weighted by atomic mass is 10.1. The molecule has 2 N–H and O–H groups in total. The molecule has 0 atom stereocenters. The van der Waals surface area contributed by atoms with Gasteiger partial charge in [-0.2, -0.15) is 10.2 Å². The second-order valence-corrected chi connectivity index (χ2v) is 4.38. The zero-order valence-corrected chi connectivity index (χ0v) is 10.5. The number of nitrogens with zero attached hydrogens (tertiary/aromatic N) is 2. The van der Waals surface area contributed by atoms with Crippen molar-refractivity contribution < 1.29 is 0 Å². The maximum atomic E-state index is 5.66. The van der Waals surface area contributed by atoms with Crippen LogP contribution in [0.5, 0.6) is 0 Å². The van der Waals surface area contributed by atoms with Gasteiger partial charge in [0.15, 0.2) is 0 Å². The fourth-order valence-corrected chi connectivity index (χ4v) is 1.99. The van der Waals surface area contributed by atoms with Crippen LogP contribution in [-0.4, -0.2) is 10.2 Å². The van der Waals surface area contributed by atoms with Crippen LogP contribution >= 0.6 is 15.9 Å². The van der Waals surface area contributed by atoms with Crippen LogP contribution in [0.2, 0.25) is 0 Å². The van der Waals surface area contributed by atoms with Crippen LogP contribution in [-0.2, 0) is 6.54 Å². The average molecular weight is 278 g/mol. The van der Waals surface area contributed by atoms with Crippen LogP contribution in [0.3, 0.4) is 0 Å². The Hall–Kier alpha value is -1.26. The highest BCUT2D eigenvalue weighted by Crippen LogP contribution is 2.26. The van der Waals surface area contributed by atoms with Gasteiger partial charge in [0.1, 0.15) is 0 Å². The molecule has 0 aliphatic heterocycles. The van der Waals surface area contributed by atoms with Gasteiger partial charge in [-0.1, -0.05) is 34.1 Å². The molecule has 4 heteroatoms. The van der Waals surface area contributed by atoms with Gasteiger partial charge in [0.25, 0.3) is 0 Å². The van der Waals surface area contributed by atoms with E-state index in [2.05, 4.69) is 26.1 Å². The molecule has 1 heterocycles. The smallest absolute Gasteiger partial charge is 0.0944 e. The van der Waals surface area contributed by atoms with Gasteiger partial charge >= 0.3 is 0 Å². The second-order valence-electron chi connectivity index (χ2n) is 3.52. The first-order valence-electron chi connectivity index (χ1n) is 5.00. The van der Waals surface area contributed by atoms with E-state index in [1.807, 2.05) is 37.3 Å². The highest BCUT2D eigenvalue weighted by atomic mass is 79.9. The lowest BCUT2D eigenvalue weighted by molar-refractivity contribution is 0.924. The van der Waals surface area contributed by atoms with Crippen molar-refractivity contribution in [3.8, 4) is 11.3 Å². The molecule has 0 radical (unpaired) electrons. The van der Waals surface area contributed by atoms with E-state index in [0.717, 1.165) is 27.0 Å². The number of hydrogen-bond donors (Lipinski definition) is 1. The topological polar surface area (TPSA) is 51.8 Å². The monoisotopic (exact) mass is 277 g/mol. The summed E-state index contributed by atoms with van der Waals surface area (Å²) in [6, 6.07) is 9.92. The molecule has 0 saturated carbocycles. The fourth-order valence-electron chi connectivity index (χ4n) is 1.50. The number of benzene rings is 1. The van der Waals surface area contributed by atoms with Gasteiger partial charge in [-0.05, 0) is 24.6 Å². The van der Waals surface area contributed by atoms with Crippen LogP contribution in [0.4, 0.5) is 0 Å². The Morgan fingerprint density at radius 1 is 1.25 bits per heavy atom. The van der Waals surface area contributed by atoms with Crippen molar-refractivity contribution in [2.45, 2.75) is 13.5 Å². The van der Waals surface area contributed by atoms with Crippen LogP contribution < -0.4 is 5.73 Å². The maximum Gasteiger partial charge on any atom is 0.0944 e. The van der Waals surface area contributed by atoms with Crippen LogP contribution in [0.25, 0.3) is 11.3 Å². The summed E-state index contributed by atoms with van der Waals surface area (Å²) in [6.07, 6.45) is 0. The lowest BCUT2D eigenvalue weighted by Crippen LogP contribution is -2.03. The van der Waals surface area contributed by atoms with Gasteiger partial charge in [0.2, 0.25) is 0 Å². The third kappa shape index (κ3) is 2.13. The van der Waals surface area contributed by atoms with Crippen molar-refractivity contribution in [1.29, 1.82) is 0 Å². The number of aromatic nitrogens is 2. The fraction of sp³-hybridized carbons (Fsp3) is 0.167. The quantitative estimate of drug-likeness (QED) is 0.918. The molecule has 0 amide bonds. The van der Waals surface area contributed by atoms with Gasteiger partial charge < -0.3 is 5.73 Å². The number of halogens is 1. The summed E-state index contributed by atoms with van der Waals surface area (Å²) in [6.45, 7) is 2.40. The first kappa shape index (κ1) is 11.2. The summed E-state index contributed by atoms with van der Waals surface area (Å²) in [4.78, 5) is 0. The zero-order valence-electron chi connectivity index (χ0n) is 8.94. The first-order valence-corrected chi connectivity index (χ1v) is 5.80. The van der Waals surface area contributed by atoms with E-state index in [1.54, 1.807) is 0 Å².